The van der Waals surface area contributed by atoms with Crippen LogP contribution in [0.25, 0.3) is 0 Å². The summed E-state index contributed by atoms with van der Waals surface area (Å²) < 4.78 is 40.5. The third-order valence-electron chi connectivity index (χ3n) is 4.07. The number of ether oxygens (including phenoxy) is 2. The maximum absolute atomic E-state index is 12.2. The first-order chi connectivity index (χ1) is 13.7. The Morgan fingerprint density at radius 1 is 1.24 bits per heavy atom. The van der Waals surface area contributed by atoms with Gasteiger partial charge < -0.3 is 9.47 Å². The number of hydrogen-bond acceptors (Lipinski definition) is 8. The first kappa shape index (κ1) is 21.4. The summed E-state index contributed by atoms with van der Waals surface area (Å²) >= 11 is 3.30. The second-order valence-corrected chi connectivity index (χ2v) is 8.91. The molecule has 1 aliphatic heterocycles. The molecule has 1 saturated heterocycles. The van der Waals surface area contributed by atoms with Crippen molar-refractivity contribution in [2.24, 2.45) is 0 Å². The van der Waals surface area contributed by atoms with E-state index in [4.69, 9.17) is 13.7 Å². The zero-order valence-corrected chi connectivity index (χ0v) is 17.5. The van der Waals surface area contributed by atoms with Crippen molar-refractivity contribution in [1.29, 1.82) is 0 Å². The lowest BCUT2D eigenvalue weighted by molar-refractivity contribution is -0.0487. The number of alkyl halides is 1. The van der Waals surface area contributed by atoms with Crippen LogP contribution in [-0.2, 0) is 23.8 Å². The fourth-order valence-corrected chi connectivity index (χ4v) is 4.43. The molecule has 0 spiro atoms. The number of nitrogens with one attached hydrogen (secondary N) is 1. The molecule has 4 atom stereocenters. The van der Waals surface area contributed by atoms with E-state index in [1.807, 2.05) is 0 Å². The maximum Gasteiger partial charge on any atom is 0.338 e. The van der Waals surface area contributed by atoms with E-state index in [1.54, 1.807) is 30.3 Å². The van der Waals surface area contributed by atoms with Crippen molar-refractivity contribution >= 4 is 32.0 Å². The molecule has 0 bridgehead atoms. The lowest BCUT2D eigenvalue weighted by atomic mass is 10.2. The fourth-order valence-electron chi connectivity index (χ4n) is 2.81. The van der Waals surface area contributed by atoms with Gasteiger partial charge in [-0.3, -0.25) is 18.5 Å². The first-order valence-corrected chi connectivity index (χ1v) is 11.1. The van der Waals surface area contributed by atoms with E-state index in [-0.39, 0.29) is 6.61 Å². The van der Waals surface area contributed by atoms with E-state index in [0.29, 0.717) is 5.56 Å². The summed E-state index contributed by atoms with van der Waals surface area (Å²) in [5.41, 5.74) is -1.02. The molecular weight excluding hydrogens is 472 g/mol. The Labute approximate surface area is 173 Å². The minimum Gasteiger partial charge on any atom is -0.459 e. The molecule has 10 nitrogen and oxygen atoms in total. The number of nitrogens with zero attached hydrogens (tertiary/aromatic N) is 1. The van der Waals surface area contributed by atoms with Crippen molar-refractivity contribution in [3.63, 3.8) is 0 Å². The highest BCUT2D eigenvalue weighted by atomic mass is 79.9. The van der Waals surface area contributed by atoms with Crippen molar-refractivity contribution < 1.29 is 26.9 Å². The van der Waals surface area contributed by atoms with Crippen LogP contribution in [0.1, 0.15) is 16.6 Å². The van der Waals surface area contributed by atoms with Gasteiger partial charge in [0.2, 0.25) is 0 Å². The average Bonchev–Trinajstić information content (AvgIpc) is 2.95. The van der Waals surface area contributed by atoms with Gasteiger partial charge in [0.1, 0.15) is 18.8 Å². The van der Waals surface area contributed by atoms with Gasteiger partial charge in [-0.15, -0.1) is 0 Å². The summed E-state index contributed by atoms with van der Waals surface area (Å²) in [5.74, 6) is -0.622. The van der Waals surface area contributed by atoms with Crippen LogP contribution in [0.5, 0.6) is 0 Å². The van der Waals surface area contributed by atoms with E-state index >= 15 is 0 Å². The number of hydrogen-bond donors (Lipinski definition) is 1. The lowest BCUT2D eigenvalue weighted by Gasteiger charge is -2.19. The van der Waals surface area contributed by atoms with Crippen LogP contribution in [0.3, 0.4) is 0 Å². The van der Waals surface area contributed by atoms with Gasteiger partial charge in [-0.25, -0.2) is 9.59 Å². The van der Waals surface area contributed by atoms with E-state index < -0.39 is 50.6 Å². The zero-order chi connectivity index (χ0) is 21.2. The van der Waals surface area contributed by atoms with Gasteiger partial charge in [-0.1, -0.05) is 34.1 Å². The van der Waals surface area contributed by atoms with Crippen molar-refractivity contribution in [2.75, 3.05) is 12.9 Å². The summed E-state index contributed by atoms with van der Waals surface area (Å²) in [6.07, 6.45) is -0.996. The molecule has 1 aliphatic rings. The molecule has 0 saturated carbocycles. The van der Waals surface area contributed by atoms with E-state index in [1.165, 1.54) is 6.20 Å². The number of aromatic amines is 1. The summed E-state index contributed by atoms with van der Waals surface area (Å²) in [5, 5.41) is 0. The van der Waals surface area contributed by atoms with E-state index in [9.17, 15) is 22.8 Å². The van der Waals surface area contributed by atoms with Crippen LogP contribution in [-0.4, -0.2) is 53.8 Å². The second kappa shape index (κ2) is 8.61. The molecule has 0 radical (unpaired) electrons. The van der Waals surface area contributed by atoms with Crippen LogP contribution < -0.4 is 11.2 Å². The normalized spacial score (nSPS) is 24.3. The largest absolute Gasteiger partial charge is 0.459 e. The van der Waals surface area contributed by atoms with Crippen molar-refractivity contribution in [1.82, 2.24) is 9.55 Å². The minimum atomic E-state index is -3.88. The van der Waals surface area contributed by atoms with Gasteiger partial charge in [-0.05, 0) is 12.1 Å². The highest BCUT2D eigenvalue weighted by Crippen LogP contribution is 2.36. The number of aromatic nitrogens is 2. The van der Waals surface area contributed by atoms with Crippen LogP contribution in [0.15, 0.2) is 52.2 Å². The third kappa shape index (κ3) is 5.21. The Morgan fingerprint density at radius 2 is 1.93 bits per heavy atom. The molecule has 1 N–H and O–H groups in total. The molecule has 12 heteroatoms. The van der Waals surface area contributed by atoms with Gasteiger partial charge in [0, 0.05) is 12.3 Å². The summed E-state index contributed by atoms with van der Waals surface area (Å²) in [6.45, 7) is -0.315. The molecule has 0 amide bonds. The molecule has 1 fully saturated rings. The zero-order valence-electron chi connectivity index (χ0n) is 15.1. The van der Waals surface area contributed by atoms with E-state index in [0.717, 1.165) is 16.9 Å². The van der Waals surface area contributed by atoms with E-state index in [2.05, 4.69) is 20.9 Å². The Hall–Kier alpha value is -2.28. The average molecular weight is 489 g/mol. The number of esters is 1. The van der Waals surface area contributed by atoms with Crippen LogP contribution >= 0.6 is 15.9 Å². The Kier molecular flexibility index (Phi) is 6.36. The number of rotatable bonds is 6. The lowest BCUT2D eigenvalue weighted by Crippen LogP contribution is -2.37. The van der Waals surface area contributed by atoms with Crippen molar-refractivity contribution in [3.8, 4) is 0 Å². The summed E-state index contributed by atoms with van der Waals surface area (Å²) in [7, 11) is -3.88. The molecule has 1 aromatic carbocycles. The summed E-state index contributed by atoms with van der Waals surface area (Å²) in [6, 6.07) is 9.35. The SMILES string of the molecule is CS(=O)(=O)OC1C(Br)[C@@H](n2ccc(=O)[nH]c2=O)O[C@H]1COC(=O)c1ccccc1. The molecule has 2 unspecified atom stereocenters. The molecule has 1 aromatic heterocycles. The molecule has 2 aromatic rings. The number of halogens is 1. The number of H-pyrrole nitrogens is 1. The predicted octanol–water partition coefficient (Wildman–Crippen LogP) is 0.399. The standard InChI is InChI=1S/C17H17BrN2O8S/c1-29(24,25)28-14-11(9-26-16(22)10-5-3-2-4-6-10)27-15(13(14)18)20-8-7-12(21)19-17(20)23/h2-8,11,13-15H,9H2,1H3,(H,19,21,23)/t11-,13?,14?,15-/m0/s1. The topological polar surface area (TPSA) is 134 Å². The van der Waals surface area contributed by atoms with Gasteiger partial charge >= 0.3 is 11.7 Å². The number of benzene rings is 1. The van der Waals surface area contributed by atoms with Crippen molar-refractivity contribution in [2.45, 2.75) is 23.3 Å². The molecule has 2 heterocycles. The molecule has 156 valence electrons. The monoisotopic (exact) mass is 488 g/mol. The smallest absolute Gasteiger partial charge is 0.338 e. The minimum absolute atomic E-state index is 0.315. The quantitative estimate of drug-likeness (QED) is 0.350. The van der Waals surface area contributed by atoms with Crippen LogP contribution in [0.4, 0.5) is 0 Å². The molecule has 0 aliphatic carbocycles. The molecule has 29 heavy (non-hydrogen) atoms. The van der Waals surface area contributed by atoms with Gasteiger partial charge in [0.15, 0.2) is 6.23 Å². The number of carbonyl (C=O) groups is 1. The number of carbonyl (C=O) groups excluding carboxylic acids is 1. The fraction of sp³-hybridized carbons (Fsp3) is 0.353. The highest BCUT2D eigenvalue weighted by Gasteiger charge is 2.47. The Morgan fingerprint density at radius 3 is 2.55 bits per heavy atom. The summed E-state index contributed by atoms with van der Waals surface area (Å²) in [4.78, 5) is 36.8. The van der Waals surface area contributed by atoms with Crippen LogP contribution in [0.2, 0.25) is 0 Å². The third-order valence-corrected chi connectivity index (χ3v) is 5.61. The van der Waals surface area contributed by atoms with Gasteiger partial charge in [-0.2, -0.15) is 8.42 Å². The Balaban J connectivity index is 1.82. The highest BCUT2D eigenvalue weighted by molar-refractivity contribution is 9.09. The Bertz CT molecular complexity index is 1100. The maximum atomic E-state index is 12.2. The molecular formula is C17H17BrN2O8S. The first-order valence-electron chi connectivity index (χ1n) is 8.37. The second-order valence-electron chi connectivity index (χ2n) is 6.26. The molecule has 3 rings (SSSR count). The predicted molar refractivity (Wildman–Crippen MR) is 104 cm³/mol. The van der Waals surface area contributed by atoms with Crippen LogP contribution in [0, 0.1) is 0 Å². The van der Waals surface area contributed by atoms with Gasteiger partial charge in [0.05, 0.1) is 16.6 Å². The van der Waals surface area contributed by atoms with Crippen molar-refractivity contribution in [3.05, 3.63) is 69.0 Å². The van der Waals surface area contributed by atoms with Gasteiger partial charge in [0.25, 0.3) is 15.7 Å².